The molecule has 1 atom stereocenters. The van der Waals surface area contributed by atoms with Crippen LogP contribution in [0.25, 0.3) is 0 Å². The molecule has 1 unspecified atom stereocenters. The Labute approximate surface area is 124 Å². The summed E-state index contributed by atoms with van der Waals surface area (Å²) in [6.07, 6.45) is 0.893. The lowest BCUT2D eigenvalue weighted by molar-refractivity contribution is 0.692. The molecular weight excluding hydrogens is 277 g/mol. The van der Waals surface area contributed by atoms with E-state index in [9.17, 15) is 0 Å². The first kappa shape index (κ1) is 14.4. The second-order valence-electron chi connectivity index (χ2n) is 4.73. The number of aryl methyl sites for hydroxylation is 1. The van der Waals surface area contributed by atoms with Gasteiger partial charge in [0.25, 0.3) is 0 Å². The number of rotatable bonds is 4. The van der Waals surface area contributed by atoms with Crippen LogP contribution < -0.4 is 5.73 Å². The minimum absolute atomic E-state index is 0.214. The molecule has 0 aromatic heterocycles. The van der Waals surface area contributed by atoms with Gasteiger partial charge in [-0.25, -0.2) is 0 Å². The van der Waals surface area contributed by atoms with Crippen LogP contribution in [0.2, 0.25) is 10.0 Å². The van der Waals surface area contributed by atoms with E-state index in [4.69, 9.17) is 28.9 Å². The van der Waals surface area contributed by atoms with E-state index in [1.807, 2.05) is 18.2 Å². The summed E-state index contributed by atoms with van der Waals surface area (Å²) in [7, 11) is 0. The second kappa shape index (κ2) is 6.42. The van der Waals surface area contributed by atoms with Gasteiger partial charge in [-0.3, -0.25) is 0 Å². The zero-order valence-corrected chi connectivity index (χ0v) is 12.4. The summed E-state index contributed by atoms with van der Waals surface area (Å²) >= 11 is 12.2. The summed E-state index contributed by atoms with van der Waals surface area (Å²) in [6.45, 7) is 2.68. The Morgan fingerprint density at radius 2 is 1.84 bits per heavy atom. The Morgan fingerprint density at radius 3 is 2.47 bits per heavy atom. The number of hydrogen-bond donors (Lipinski definition) is 1. The van der Waals surface area contributed by atoms with Crippen molar-refractivity contribution in [1.29, 1.82) is 0 Å². The van der Waals surface area contributed by atoms with Crippen LogP contribution in [0.5, 0.6) is 0 Å². The van der Waals surface area contributed by atoms with Crippen LogP contribution in [-0.4, -0.2) is 6.54 Å². The molecule has 0 amide bonds. The number of nitrogens with two attached hydrogens (primary N) is 1. The van der Waals surface area contributed by atoms with Gasteiger partial charge in [-0.15, -0.1) is 0 Å². The average Bonchev–Trinajstić information content (AvgIpc) is 2.39. The Hall–Kier alpha value is -1.02. The molecule has 2 rings (SSSR count). The van der Waals surface area contributed by atoms with E-state index in [1.54, 1.807) is 6.07 Å². The summed E-state index contributed by atoms with van der Waals surface area (Å²) < 4.78 is 0. The second-order valence-corrected chi connectivity index (χ2v) is 5.57. The van der Waals surface area contributed by atoms with Crippen LogP contribution in [-0.2, 0) is 6.42 Å². The zero-order valence-electron chi connectivity index (χ0n) is 10.9. The fourth-order valence-corrected chi connectivity index (χ4v) is 2.82. The van der Waals surface area contributed by atoms with Crippen LogP contribution in [0.15, 0.2) is 42.5 Å². The average molecular weight is 294 g/mol. The molecule has 0 aliphatic heterocycles. The fraction of sp³-hybridized carbons (Fsp3) is 0.250. The Bertz CT molecular complexity index is 566. The predicted octanol–water partition coefficient (Wildman–Crippen LogP) is 4.59. The SMILES string of the molecule is Cc1ccccc1CC(CN)c1ccc(Cl)cc1Cl. The first-order valence-electron chi connectivity index (χ1n) is 6.31. The molecule has 0 radical (unpaired) electrons. The smallest absolute Gasteiger partial charge is 0.0456 e. The van der Waals surface area contributed by atoms with E-state index in [2.05, 4.69) is 25.1 Å². The quantitative estimate of drug-likeness (QED) is 0.877. The van der Waals surface area contributed by atoms with Gasteiger partial charge in [0.1, 0.15) is 0 Å². The van der Waals surface area contributed by atoms with Gasteiger partial charge in [-0.2, -0.15) is 0 Å². The zero-order chi connectivity index (χ0) is 13.8. The van der Waals surface area contributed by atoms with E-state index in [0.29, 0.717) is 16.6 Å². The van der Waals surface area contributed by atoms with Crippen molar-refractivity contribution in [1.82, 2.24) is 0 Å². The van der Waals surface area contributed by atoms with E-state index >= 15 is 0 Å². The van der Waals surface area contributed by atoms with Crippen molar-refractivity contribution < 1.29 is 0 Å². The highest BCUT2D eigenvalue weighted by Crippen LogP contribution is 2.30. The van der Waals surface area contributed by atoms with Crippen LogP contribution in [0, 0.1) is 6.92 Å². The maximum absolute atomic E-state index is 6.27. The first-order chi connectivity index (χ1) is 9.11. The highest BCUT2D eigenvalue weighted by atomic mass is 35.5. The maximum Gasteiger partial charge on any atom is 0.0456 e. The summed E-state index contributed by atoms with van der Waals surface area (Å²) in [5.41, 5.74) is 9.58. The summed E-state index contributed by atoms with van der Waals surface area (Å²) in [5.74, 6) is 0.214. The molecule has 0 heterocycles. The van der Waals surface area contributed by atoms with Crippen molar-refractivity contribution >= 4 is 23.2 Å². The van der Waals surface area contributed by atoms with Gasteiger partial charge >= 0.3 is 0 Å². The Kier molecular flexibility index (Phi) is 4.87. The fourth-order valence-electron chi connectivity index (χ4n) is 2.26. The maximum atomic E-state index is 6.27. The van der Waals surface area contributed by atoms with Gasteiger partial charge in [0.15, 0.2) is 0 Å². The van der Waals surface area contributed by atoms with Gasteiger partial charge in [-0.05, 0) is 48.7 Å². The molecule has 19 heavy (non-hydrogen) atoms. The molecule has 100 valence electrons. The van der Waals surface area contributed by atoms with Crippen molar-refractivity contribution in [3.05, 3.63) is 69.2 Å². The van der Waals surface area contributed by atoms with E-state index in [-0.39, 0.29) is 5.92 Å². The minimum Gasteiger partial charge on any atom is -0.330 e. The van der Waals surface area contributed by atoms with Crippen molar-refractivity contribution in [3.8, 4) is 0 Å². The lowest BCUT2D eigenvalue weighted by atomic mass is 9.90. The summed E-state index contributed by atoms with van der Waals surface area (Å²) in [6, 6.07) is 14.0. The van der Waals surface area contributed by atoms with Gasteiger partial charge < -0.3 is 5.73 Å². The molecule has 0 saturated carbocycles. The first-order valence-corrected chi connectivity index (χ1v) is 7.07. The Balaban J connectivity index is 2.28. The molecule has 0 saturated heterocycles. The Morgan fingerprint density at radius 1 is 1.11 bits per heavy atom. The van der Waals surface area contributed by atoms with E-state index in [1.165, 1.54) is 11.1 Å². The molecule has 2 aromatic rings. The molecule has 0 spiro atoms. The van der Waals surface area contributed by atoms with Gasteiger partial charge in [0.05, 0.1) is 0 Å². The van der Waals surface area contributed by atoms with Gasteiger partial charge in [-0.1, -0.05) is 53.5 Å². The van der Waals surface area contributed by atoms with Crippen molar-refractivity contribution in [2.24, 2.45) is 5.73 Å². The molecule has 2 aromatic carbocycles. The molecular formula is C16H17Cl2N. The lowest BCUT2D eigenvalue weighted by Gasteiger charge is -2.18. The third-order valence-electron chi connectivity index (χ3n) is 3.41. The van der Waals surface area contributed by atoms with E-state index < -0.39 is 0 Å². The highest BCUT2D eigenvalue weighted by molar-refractivity contribution is 6.35. The predicted molar refractivity (Wildman–Crippen MR) is 83.1 cm³/mol. The molecule has 0 bridgehead atoms. The van der Waals surface area contributed by atoms with Crippen molar-refractivity contribution in [2.45, 2.75) is 19.3 Å². The molecule has 3 heteroatoms. The van der Waals surface area contributed by atoms with Crippen molar-refractivity contribution in [2.75, 3.05) is 6.54 Å². The van der Waals surface area contributed by atoms with Crippen LogP contribution in [0.4, 0.5) is 0 Å². The summed E-state index contributed by atoms with van der Waals surface area (Å²) in [4.78, 5) is 0. The largest absolute Gasteiger partial charge is 0.330 e. The third-order valence-corrected chi connectivity index (χ3v) is 3.98. The summed E-state index contributed by atoms with van der Waals surface area (Å²) in [5, 5.41) is 1.34. The highest BCUT2D eigenvalue weighted by Gasteiger charge is 2.15. The standard InChI is InChI=1S/C16H17Cl2N/c1-11-4-2-3-5-12(11)8-13(10-19)15-7-6-14(17)9-16(15)18/h2-7,9,13H,8,10,19H2,1H3. The van der Waals surface area contributed by atoms with Crippen LogP contribution in [0.1, 0.15) is 22.6 Å². The van der Waals surface area contributed by atoms with Crippen LogP contribution in [0.3, 0.4) is 0 Å². The minimum atomic E-state index is 0.214. The third kappa shape index (κ3) is 3.50. The van der Waals surface area contributed by atoms with Crippen LogP contribution >= 0.6 is 23.2 Å². The number of benzene rings is 2. The molecule has 2 N–H and O–H groups in total. The number of halogens is 2. The molecule has 0 aliphatic rings. The van der Waals surface area contributed by atoms with Gasteiger partial charge in [0.2, 0.25) is 0 Å². The lowest BCUT2D eigenvalue weighted by Crippen LogP contribution is -2.16. The number of hydrogen-bond acceptors (Lipinski definition) is 1. The van der Waals surface area contributed by atoms with Gasteiger partial charge in [0, 0.05) is 16.0 Å². The molecule has 1 nitrogen and oxygen atoms in total. The normalized spacial score (nSPS) is 12.4. The molecule has 0 fully saturated rings. The molecule has 0 aliphatic carbocycles. The van der Waals surface area contributed by atoms with E-state index in [0.717, 1.165) is 12.0 Å². The topological polar surface area (TPSA) is 26.0 Å². The monoisotopic (exact) mass is 293 g/mol. The van der Waals surface area contributed by atoms with Crippen molar-refractivity contribution in [3.63, 3.8) is 0 Å².